The van der Waals surface area contributed by atoms with E-state index >= 15 is 0 Å². The van der Waals surface area contributed by atoms with Gasteiger partial charge in [-0.15, -0.1) is 10.2 Å². The van der Waals surface area contributed by atoms with Crippen LogP contribution in [0.2, 0.25) is 5.02 Å². The number of nitrogens with zero attached hydrogens (tertiary/aromatic N) is 5. The second-order valence-corrected chi connectivity index (χ2v) is 5.17. The monoisotopic (exact) mass is 323 g/mol. The molecule has 0 saturated heterocycles. The summed E-state index contributed by atoms with van der Waals surface area (Å²) in [5.74, 6) is 1.53. The van der Waals surface area contributed by atoms with Gasteiger partial charge < -0.3 is 4.42 Å². The first-order chi connectivity index (χ1) is 11.3. The van der Waals surface area contributed by atoms with Gasteiger partial charge >= 0.3 is 0 Å². The average molecular weight is 324 g/mol. The molecule has 4 rings (SSSR count). The van der Waals surface area contributed by atoms with E-state index in [0.717, 1.165) is 11.4 Å². The summed E-state index contributed by atoms with van der Waals surface area (Å²) in [6, 6.07) is 11.1. The number of pyridine rings is 1. The molecular weight excluding hydrogens is 314 g/mol. The number of hydrogen-bond acceptors (Lipinski definition) is 5. The van der Waals surface area contributed by atoms with E-state index in [2.05, 4.69) is 20.2 Å². The van der Waals surface area contributed by atoms with Crippen LogP contribution in [0.5, 0.6) is 0 Å². The van der Waals surface area contributed by atoms with Crippen molar-refractivity contribution in [1.82, 2.24) is 24.7 Å². The highest BCUT2D eigenvalue weighted by Gasteiger charge is 2.13. The van der Waals surface area contributed by atoms with Gasteiger partial charge in [0, 0.05) is 18.6 Å². The van der Waals surface area contributed by atoms with Crippen LogP contribution < -0.4 is 0 Å². The topological polar surface area (TPSA) is 69.6 Å². The quantitative estimate of drug-likeness (QED) is 0.575. The third kappa shape index (κ3) is 2.60. The van der Waals surface area contributed by atoms with Crippen molar-refractivity contribution in [3.63, 3.8) is 0 Å². The fourth-order valence-electron chi connectivity index (χ4n) is 2.14. The van der Waals surface area contributed by atoms with Crippen molar-refractivity contribution in [2.24, 2.45) is 0 Å². The van der Waals surface area contributed by atoms with Crippen LogP contribution in [0.3, 0.4) is 0 Å². The van der Waals surface area contributed by atoms with E-state index in [4.69, 9.17) is 16.0 Å². The summed E-state index contributed by atoms with van der Waals surface area (Å²) in [7, 11) is 0. The summed E-state index contributed by atoms with van der Waals surface area (Å²) in [5.41, 5.74) is 1.44. The maximum Gasteiger partial charge on any atom is 0.249 e. The van der Waals surface area contributed by atoms with Crippen molar-refractivity contribution in [3.05, 3.63) is 66.3 Å². The van der Waals surface area contributed by atoms with Crippen LogP contribution >= 0.6 is 11.6 Å². The molecule has 0 atom stereocenters. The molecule has 112 valence electrons. The predicted molar refractivity (Wildman–Crippen MR) is 85.1 cm³/mol. The third-order valence-electron chi connectivity index (χ3n) is 3.29. The van der Waals surface area contributed by atoms with E-state index in [1.165, 1.54) is 0 Å². The van der Waals surface area contributed by atoms with Crippen LogP contribution in [-0.2, 0) is 0 Å². The van der Waals surface area contributed by atoms with Gasteiger partial charge in [-0.05, 0) is 24.3 Å². The van der Waals surface area contributed by atoms with Gasteiger partial charge in [-0.2, -0.15) is 0 Å². The molecule has 0 spiro atoms. The first kappa shape index (κ1) is 13.7. The summed E-state index contributed by atoms with van der Waals surface area (Å²) in [6.07, 6.45) is 6.89. The van der Waals surface area contributed by atoms with Gasteiger partial charge in [-0.3, -0.25) is 4.57 Å². The zero-order chi connectivity index (χ0) is 15.6. The van der Waals surface area contributed by atoms with Crippen molar-refractivity contribution >= 4 is 11.6 Å². The van der Waals surface area contributed by atoms with Crippen molar-refractivity contribution in [2.45, 2.75) is 0 Å². The molecular formula is C16H10ClN5O. The zero-order valence-corrected chi connectivity index (χ0v) is 12.6. The molecule has 0 aliphatic carbocycles. The molecule has 3 heterocycles. The lowest BCUT2D eigenvalue weighted by Gasteiger charge is -2.01. The molecule has 23 heavy (non-hydrogen) atoms. The lowest BCUT2D eigenvalue weighted by Crippen LogP contribution is -1.93. The SMILES string of the molecule is Clc1ccccc1-c1nnc(-c2ccc(-n3ccnc3)nc2)o1. The Morgan fingerprint density at radius 2 is 1.87 bits per heavy atom. The van der Waals surface area contributed by atoms with Gasteiger partial charge in [0.2, 0.25) is 11.8 Å². The van der Waals surface area contributed by atoms with E-state index in [1.54, 1.807) is 24.8 Å². The molecule has 0 N–H and O–H groups in total. The highest BCUT2D eigenvalue weighted by molar-refractivity contribution is 6.33. The average Bonchev–Trinajstić information content (AvgIpc) is 3.27. The van der Waals surface area contributed by atoms with Crippen LogP contribution in [0.25, 0.3) is 28.7 Å². The van der Waals surface area contributed by atoms with Gasteiger partial charge in [-0.1, -0.05) is 23.7 Å². The maximum absolute atomic E-state index is 6.14. The van der Waals surface area contributed by atoms with Crippen molar-refractivity contribution in [2.75, 3.05) is 0 Å². The number of rotatable bonds is 3. The summed E-state index contributed by atoms with van der Waals surface area (Å²) in [5, 5.41) is 8.68. The Labute approximate surface area is 136 Å². The van der Waals surface area contributed by atoms with Gasteiger partial charge in [0.1, 0.15) is 12.1 Å². The second kappa shape index (κ2) is 5.66. The molecule has 0 radical (unpaired) electrons. The van der Waals surface area contributed by atoms with E-state index in [9.17, 15) is 0 Å². The third-order valence-corrected chi connectivity index (χ3v) is 3.62. The van der Waals surface area contributed by atoms with Crippen molar-refractivity contribution in [1.29, 1.82) is 0 Å². The highest BCUT2D eigenvalue weighted by atomic mass is 35.5. The minimum Gasteiger partial charge on any atom is -0.416 e. The fourth-order valence-corrected chi connectivity index (χ4v) is 2.36. The zero-order valence-electron chi connectivity index (χ0n) is 11.8. The molecule has 0 fully saturated rings. The summed E-state index contributed by atoms with van der Waals surface area (Å²) >= 11 is 6.14. The number of benzene rings is 1. The highest BCUT2D eigenvalue weighted by Crippen LogP contribution is 2.28. The van der Waals surface area contributed by atoms with E-state index in [1.807, 2.05) is 41.1 Å². The molecule has 0 aliphatic rings. The Balaban J connectivity index is 1.66. The Kier molecular flexibility index (Phi) is 3.36. The van der Waals surface area contributed by atoms with Crippen LogP contribution in [0, 0.1) is 0 Å². The Bertz CT molecular complexity index is 931. The molecule has 3 aromatic heterocycles. The maximum atomic E-state index is 6.14. The normalized spacial score (nSPS) is 10.8. The predicted octanol–water partition coefficient (Wildman–Crippen LogP) is 3.64. The first-order valence-corrected chi connectivity index (χ1v) is 7.22. The first-order valence-electron chi connectivity index (χ1n) is 6.84. The van der Waals surface area contributed by atoms with Gasteiger partial charge in [0.25, 0.3) is 0 Å². The fraction of sp³-hybridized carbons (Fsp3) is 0. The number of halogens is 1. The van der Waals surface area contributed by atoms with E-state index < -0.39 is 0 Å². The number of aromatic nitrogens is 5. The van der Waals surface area contributed by atoms with Gasteiger partial charge in [-0.25, -0.2) is 9.97 Å². The molecule has 7 heteroatoms. The minimum absolute atomic E-state index is 0.379. The lowest BCUT2D eigenvalue weighted by atomic mass is 10.2. The minimum atomic E-state index is 0.379. The Hall–Kier alpha value is -2.99. The largest absolute Gasteiger partial charge is 0.416 e. The second-order valence-electron chi connectivity index (χ2n) is 4.77. The Morgan fingerprint density at radius 1 is 1.00 bits per heavy atom. The summed E-state index contributed by atoms with van der Waals surface area (Å²) < 4.78 is 7.51. The molecule has 6 nitrogen and oxygen atoms in total. The molecule has 0 bridgehead atoms. The van der Waals surface area contributed by atoms with Crippen LogP contribution in [-0.4, -0.2) is 24.7 Å². The van der Waals surface area contributed by atoms with E-state index in [-0.39, 0.29) is 0 Å². The Morgan fingerprint density at radius 3 is 2.61 bits per heavy atom. The van der Waals surface area contributed by atoms with Crippen molar-refractivity contribution < 1.29 is 4.42 Å². The van der Waals surface area contributed by atoms with Crippen LogP contribution in [0.4, 0.5) is 0 Å². The van der Waals surface area contributed by atoms with Crippen molar-refractivity contribution in [3.8, 4) is 28.7 Å². The lowest BCUT2D eigenvalue weighted by molar-refractivity contribution is 0.584. The van der Waals surface area contributed by atoms with Crippen LogP contribution in [0.1, 0.15) is 0 Å². The molecule has 0 unspecified atom stereocenters. The summed E-state index contributed by atoms with van der Waals surface area (Å²) in [6.45, 7) is 0. The smallest absolute Gasteiger partial charge is 0.249 e. The standard InChI is InChI=1S/C16H10ClN5O/c17-13-4-2-1-3-12(13)16-21-20-15(23-16)11-5-6-14(19-9-11)22-8-7-18-10-22/h1-10H. The molecule has 4 aromatic rings. The number of hydrogen-bond donors (Lipinski definition) is 0. The molecule has 1 aromatic carbocycles. The van der Waals surface area contributed by atoms with Gasteiger partial charge in [0.15, 0.2) is 0 Å². The van der Waals surface area contributed by atoms with Crippen LogP contribution in [0.15, 0.2) is 65.7 Å². The molecule has 0 saturated carbocycles. The molecule has 0 amide bonds. The van der Waals surface area contributed by atoms with Gasteiger partial charge in [0.05, 0.1) is 16.1 Å². The number of imidazole rings is 1. The van der Waals surface area contributed by atoms with E-state index in [0.29, 0.717) is 22.4 Å². The molecule has 0 aliphatic heterocycles. The summed E-state index contributed by atoms with van der Waals surface area (Å²) in [4.78, 5) is 8.36.